The molecule has 3 atom stereocenters. The fourth-order valence-corrected chi connectivity index (χ4v) is 4.38. The molecule has 1 aromatic carbocycles. The summed E-state index contributed by atoms with van der Waals surface area (Å²) in [5.74, 6) is -2.20. The average molecular weight is 442 g/mol. The number of carbonyl (C=O) groups excluding carboxylic acids is 2. The van der Waals surface area contributed by atoms with Crippen LogP contribution in [0.5, 0.6) is 0 Å². The summed E-state index contributed by atoms with van der Waals surface area (Å²) in [5.41, 5.74) is 5.89. The SMILES string of the molecule is CCC(C)(CCC(=O)[C@@]1(C(=O)NC)NNCC[C@H]1c1ccccc1-c1cnc[nH]1)C(=O)O. The number of amides is 1. The van der Waals surface area contributed by atoms with Gasteiger partial charge in [0.05, 0.1) is 23.6 Å². The van der Waals surface area contributed by atoms with E-state index in [4.69, 9.17) is 0 Å². The standard InChI is InChI=1S/C23H31N5O4/c1-4-22(2,21(31)32)11-9-19(29)23(20(30)24-3)17(10-12-27-28-23)15-7-5-6-8-16(15)18-13-25-14-26-18/h5-8,13-14,17,27-28H,4,9-12H2,1-3H3,(H,24,30)(H,25,26)(H,31,32)/t17-,22?,23-/m0/s1. The lowest BCUT2D eigenvalue weighted by molar-refractivity contribution is -0.149. The minimum absolute atomic E-state index is 0.0402. The normalized spacial score (nSPS) is 22.7. The van der Waals surface area contributed by atoms with Gasteiger partial charge in [-0.1, -0.05) is 31.2 Å². The van der Waals surface area contributed by atoms with Crippen LogP contribution in [0.1, 0.15) is 51.0 Å². The van der Waals surface area contributed by atoms with Gasteiger partial charge in [0.1, 0.15) is 0 Å². The number of hydrogen-bond acceptors (Lipinski definition) is 6. The van der Waals surface area contributed by atoms with Crippen LogP contribution < -0.4 is 16.2 Å². The molecule has 1 fully saturated rings. The predicted molar refractivity (Wildman–Crippen MR) is 120 cm³/mol. The van der Waals surface area contributed by atoms with E-state index in [1.165, 1.54) is 7.05 Å². The molecule has 172 valence electrons. The van der Waals surface area contributed by atoms with Gasteiger partial charge in [-0.3, -0.25) is 19.8 Å². The number of H-pyrrole nitrogens is 1. The summed E-state index contributed by atoms with van der Waals surface area (Å²) >= 11 is 0. The summed E-state index contributed by atoms with van der Waals surface area (Å²) in [6.07, 6.45) is 4.33. The number of nitrogens with zero attached hydrogens (tertiary/aromatic N) is 1. The third kappa shape index (κ3) is 4.18. The van der Waals surface area contributed by atoms with Gasteiger partial charge < -0.3 is 15.4 Å². The zero-order valence-corrected chi connectivity index (χ0v) is 18.7. The third-order valence-electron chi connectivity index (χ3n) is 6.72. The zero-order valence-electron chi connectivity index (χ0n) is 18.7. The number of carbonyl (C=O) groups is 3. The van der Waals surface area contributed by atoms with E-state index in [1.807, 2.05) is 24.3 Å². The molecular weight excluding hydrogens is 410 g/mol. The van der Waals surface area contributed by atoms with Gasteiger partial charge in [0.15, 0.2) is 11.3 Å². The number of aromatic nitrogens is 2. The number of aliphatic carboxylic acids is 1. The number of rotatable bonds is 9. The van der Waals surface area contributed by atoms with Crippen LogP contribution in [0.4, 0.5) is 0 Å². The second-order valence-corrected chi connectivity index (χ2v) is 8.48. The van der Waals surface area contributed by atoms with Crippen molar-refractivity contribution in [1.29, 1.82) is 0 Å². The molecular formula is C23H31N5O4. The van der Waals surface area contributed by atoms with Crippen LogP contribution in [-0.4, -0.2) is 51.9 Å². The Labute approximate surface area is 187 Å². The van der Waals surface area contributed by atoms with Crippen molar-refractivity contribution < 1.29 is 19.5 Å². The van der Waals surface area contributed by atoms with Crippen LogP contribution in [0, 0.1) is 5.41 Å². The van der Waals surface area contributed by atoms with Crippen LogP contribution in [0.2, 0.25) is 0 Å². The van der Waals surface area contributed by atoms with E-state index < -0.39 is 28.7 Å². The molecule has 1 saturated heterocycles. The first-order valence-electron chi connectivity index (χ1n) is 10.9. The molecule has 9 heteroatoms. The number of Topliss-reactive ketones (excluding diaryl/α,β-unsaturated/α-hetero) is 1. The number of benzene rings is 1. The molecule has 0 radical (unpaired) electrons. The summed E-state index contributed by atoms with van der Waals surface area (Å²) in [4.78, 5) is 45.9. The van der Waals surface area contributed by atoms with Gasteiger partial charge in [0.2, 0.25) is 5.91 Å². The first-order chi connectivity index (χ1) is 15.3. The molecule has 3 rings (SSSR count). The van der Waals surface area contributed by atoms with E-state index in [2.05, 4.69) is 26.1 Å². The number of aromatic amines is 1. The molecule has 32 heavy (non-hydrogen) atoms. The summed E-state index contributed by atoms with van der Waals surface area (Å²) in [7, 11) is 1.50. The fourth-order valence-electron chi connectivity index (χ4n) is 4.38. The highest BCUT2D eigenvalue weighted by molar-refractivity contribution is 6.12. The van der Waals surface area contributed by atoms with Gasteiger partial charge in [-0.2, -0.15) is 0 Å². The number of imidazole rings is 1. The Morgan fingerprint density at radius 3 is 2.69 bits per heavy atom. The maximum absolute atomic E-state index is 13.7. The van der Waals surface area contributed by atoms with E-state index in [-0.39, 0.29) is 18.6 Å². The van der Waals surface area contributed by atoms with Crippen molar-refractivity contribution in [2.45, 2.75) is 51.0 Å². The molecule has 2 aromatic rings. The Kier molecular flexibility index (Phi) is 7.10. The Bertz CT molecular complexity index is 977. The van der Waals surface area contributed by atoms with Crippen LogP contribution in [-0.2, 0) is 14.4 Å². The first-order valence-corrected chi connectivity index (χ1v) is 10.9. The Morgan fingerprint density at radius 1 is 1.31 bits per heavy atom. The molecule has 9 nitrogen and oxygen atoms in total. The lowest BCUT2D eigenvalue weighted by Crippen LogP contribution is -2.71. The van der Waals surface area contributed by atoms with E-state index in [1.54, 1.807) is 26.4 Å². The summed E-state index contributed by atoms with van der Waals surface area (Å²) in [5, 5.41) is 12.3. The number of carboxylic acid groups (broad SMARTS) is 1. The largest absolute Gasteiger partial charge is 0.481 e. The van der Waals surface area contributed by atoms with Gasteiger partial charge in [0.25, 0.3) is 0 Å². The Morgan fingerprint density at radius 2 is 2.06 bits per heavy atom. The van der Waals surface area contributed by atoms with Crippen molar-refractivity contribution in [2.75, 3.05) is 13.6 Å². The van der Waals surface area contributed by atoms with Crippen molar-refractivity contribution in [1.82, 2.24) is 26.1 Å². The van der Waals surface area contributed by atoms with Crippen LogP contribution in [0.15, 0.2) is 36.8 Å². The van der Waals surface area contributed by atoms with Crippen molar-refractivity contribution in [3.05, 3.63) is 42.4 Å². The number of carboxylic acids is 1. The van der Waals surface area contributed by atoms with Crippen molar-refractivity contribution >= 4 is 17.7 Å². The average Bonchev–Trinajstić information content (AvgIpc) is 3.36. The number of hydrazine groups is 1. The van der Waals surface area contributed by atoms with Crippen LogP contribution in [0.25, 0.3) is 11.3 Å². The van der Waals surface area contributed by atoms with Crippen molar-refractivity contribution in [3.63, 3.8) is 0 Å². The van der Waals surface area contributed by atoms with E-state index in [0.717, 1.165) is 16.8 Å². The molecule has 1 aliphatic heterocycles. The predicted octanol–water partition coefficient (Wildman–Crippen LogP) is 1.99. The molecule has 0 saturated carbocycles. The van der Waals surface area contributed by atoms with Gasteiger partial charge in [-0.05, 0) is 31.7 Å². The minimum Gasteiger partial charge on any atom is -0.481 e. The molecule has 1 aromatic heterocycles. The molecule has 0 aliphatic carbocycles. The van der Waals surface area contributed by atoms with Crippen LogP contribution >= 0.6 is 0 Å². The fraction of sp³-hybridized carbons (Fsp3) is 0.478. The maximum Gasteiger partial charge on any atom is 0.309 e. The molecule has 1 aliphatic rings. The topological polar surface area (TPSA) is 136 Å². The van der Waals surface area contributed by atoms with Crippen molar-refractivity contribution in [2.24, 2.45) is 5.41 Å². The molecule has 1 unspecified atom stereocenters. The lowest BCUT2D eigenvalue weighted by atomic mass is 9.69. The van der Waals surface area contributed by atoms with Gasteiger partial charge in [0, 0.05) is 31.5 Å². The molecule has 1 amide bonds. The summed E-state index contributed by atoms with van der Waals surface area (Å²) < 4.78 is 0. The summed E-state index contributed by atoms with van der Waals surface area (Å²) in [6.45, 7) is 3.99. The first kappa shape index (κ1) is 23.6. The van der Waals surface area contributed by atoms with Gasteiger partial charge in [-0.15, -0.1) is 0 Å². The Hall–Kier alpha value is -3.04. The van der Waals surface area contributed by atoms with Crippen molar-refractivity contribution in [3.8, 4) is 11.3 Å². The second-order valence-electron chi connectivity index (χ2n) is 8.48. The maximum atomic E-state index is 13.7. The van der Waals surface area contributed by atoms with Crippen LogP contribution in [0.3, 0.4) is 0 Å². The number of nitrogens with one attached hydrogen (secondary N) is 4. The second kappa shape index (κ2) is 9.62. The van der Waals surface area contributed by atoms with Gasteiger partial charge in [-0.25, -0.2) is 10.4 Å². The zero-order chi connectivity index (χ0) is 23.4. The molecule has 0 bridgehead atoms. The molecule has 2 heterocycles. The van der Waals surface area contributed by atoms with E-state index in [0.29, 0.717) is 19.4 Å². The number of ketones is 1. The van der Waals surface area contributed by atoms with E-state index >= 15 is 0 Å². The number of hydrogen-bond donors (Lipinski definition) is 5. The highest BCUT2D eigenvalue weighted by Gasteiger charge is 2.54. The monoisotopic (exact) mass is 441 g/mol. The van der Waals surface area contributed by atoms with E-state index in [9.17, 15) is 19.5 Å². The van der Waals surface area contributed by atoms with Gasteiger partial charge >= 0.3 is 5.97 Å². The Balaban J connectivity index is 2.05. The highest BCUT2D eigenvalue weighted by Crippen LogP contribution is 2.40. The molecule has 5 N–H and O–H groups in total. The summed E-state index contributed by atoms with van der Waals surface area (Å²) in [6, 6.07) is 7.64. The number of likely N-dealkylation sites (N-methyl/N-ethyl adjacent to an activating group) is 1. The quantitative estimate of drug-likeness (QED) is 0.375. The highest BCUT2D eigenvalue weighted by atomic mass is 16.4. The molecule has 0 spiro atoms. The lowest BCUT2D eigenvalue weighted by Gasteiger charge is -2.43. The smallest absolute Gasteiger partial charge is 0.309 e. The third-order valence-corrected chi connectivity index (χ3v) is 6.72. The minimum atomic E-state index is -1.57.